The maximum absolute atomic E-state index is 2.23. The summed E-state index contributed by atoms with van der Waals surface area (Å²) in [6, 6.07) is 6.64. The number of aryl methyl sites for hydroxylation is 1. The Morgan fingerprint density at radius 1 is 1.31 bits per heavy atom. The van der Waals surface area contributed by atoms with E-state index in [2.05, 4.69) is 37.4 Å². The van der Waals surface area contributed by atoms with Gasteiger partial charge in [-0.25, -0.2) is 0 Å². The molecule has 0 bridgehead atoms. The second-order valence-corrected chi connectivity index (χ2v) is 5.18. The molecule has 0 amide bonds. The number of rotatable bonds is 2. The zero-order valence-electron chi connectivity index (χ0n) is 7.83. The van der Waals surface area contributed by atoms with Crippen LogP contribution in [0.4, 0.5) is 0 Å². The largest absolute Gasteiger partial charge is 0.143 e. The molecule has 1 aromatic heterocycles. The van der Waals surface area contributed by atoms with E-state index >= 15 is 0 Å². The first-order valence-corrected chi connectivity index (χ1v) is 6.29. The van der Waals surface area contributed by atoms with Crippen LogP contribution in [0.5, 0.6) is 0 Å². The normalized spacial score (nSPS) is 10.9. The molecule has 2 rings (SSSR count). The van der Waals surface area contributed by atoms with Crippen molar-refractivity contribution in [1.29, 1.82) is 0 Å². The second-order valence-electron chi connectivity index (χ2n) is 2.96. The molecule has 0 fully saturated rings. The Kier molecular flexibility index (Phi) is 2.61. The fourth-order valence-corrected chi connectivity index (χ4v) is 3.24. The molecule has 0 saturated heterocycles. The number of hydrogen-bond acceptors (Lipinski definition) is 2. The third kappa shape index (κ3) is 1.61. The highest BCUT2D eigenvalue weighted by atomic mass is 32.2. The summed E-state index contributed by atoms with van der Waals surface area (Å²) < 4.78 is 1.44. The summed E-state index contributed by atoms with van der Waals surface area (Å²) in [7, 11) is 0. The quantitative estimate of drug-likeness (QED) is 0.662. The number of benzene rings is 1. The van der Waals surface area contributed by atoms with Crippen molar-refractivity contribution in [2.75, 3.05) is 5.75 Å². The van der Waals surface area contributed by atoms with Gasteiger partial charge in [0.2, 0.25) is 0 Å². The van der Waals surface area contributed by atoms with Crippen LogP contribution < -0.4 is 0 Å². The molecule has 2 aromatic rings. The van der Waals surface area contributed by atoms with Crippen LogP contribution in [0.2, 0.25) is 0 Å². The van der Waals surface area contributed by atoms with Gasteiger partial charge in [-0.1, -0.05) is 13.0 Å². The zero-order chi connectivity index (χ0) is 9.26. The SMILES string of the molecule is CCSc1ccc2ccsc2c1C. The van der Waals surface area contributed by atoms with Crippen LogP contribution in [0.15, 0.2) is 28.5 Å². The van der Waals surface area contributed by atoms with E-state index in [-0.39, 0.29) is 0 Å². The maximum atomic E-state index is 2.23. The molecule has 1 aromatic carbocycles. The molecule has 0 aliphatic carbocycles. The molecule has 68 valence electrons. The molecule has 0 aliphatic rings. The van der Waals surface area contributed by atoms with Gasteiger partial charge in [0.15, 0.2) is 0 Å². The monoisotopic (exact) mass is 208 g/mol. The van der Waals surface area contributed by atoms with E-state index in [1.165, 1.54) is 20.5 Å². The van der Waals surface area contributed by atoms with Crippen molar-refractivity contribution < 1.29 is 0 Å². The zero-order valence-corrected chi connectivity index (χ0v) is 9.47. The van der Waals surface area contributed by atoms with E-state index in [0.29, 0.717) is 0 Å². The molecule has 2 heteroatoms. The molecule has 0 nitrogen and oxygen atoms in total. The molecule has 13 heavy (non-hydrogen) atoms. The first-order valence-electron chi connectivity index (χ1n) is 4.42. The highest BCUT2D eigenvalue weighted by molar-refractivity contribution is 7.99. The van der Waals surface area contributed by atoms with Gasteiger partial charge in [-0.2, -0.15) is 0 Å². The standard InChI is InChI=1S/C11H12S2/c1-3-12-10-5-4-9-6-7-13-11(9)8(10)2/h4-7H,3H2,1-2H3. The van der Waals surface area contributed by atoms with Gasteiger partial charge in [0, 0.05) is 9.60 Å². The Morgan fingerprint density at radius 3 is 2.92 bits per heavy atom. The van der Waals surface area contributed by atoms with Crippen LogP contribution in [-0.4, -0.2) is 5.75 Å². The lowest BCUT2D eigenvalue weighted by Crippen LogP contribution is -1.79. The van der Waals surface area contributed by atoms with Crippen LogP contribution in [0.25, 0.3) is 10.1 Å². The van der Waals surface area contributed by atoms with E-state index in [1.54, 1.807) is 0 Å². The van der Waals surface area contributed by atoms with Crippen molar-refractivity contribution >= 4 is 33.2 Å². The summed E-state index contributed by atoms with van der Waals surface area (Å²) in [5.41, 5.74) is 1.44. The van der Waals surface area contributed by atoms with Crippen LogP contribution in [0.3, 0.4) is 0 Å². The topological polar surface area (TPSA) is 0 Å². The van der Waals surface area contributed by atoms with Gasteiger partial charge >= 0.3 is 0 Å². The van der Waals surface area contributed by atoms with Gasteiger partial charge in [0.25, 0.3) is 0 Å². The molecule has 0 N–H and O–H groups in total. The van der Waals surface area contributed by atoms with E-state index in [9.17, 15) is 0 Å². The summed E-state index contributed by atoms with van der Waals surface area (Å²) in [6.45, 7) is 4.42. The lowest BCUT2D eigenvalue weighted by molar-refractivity contribution is 1.35. The van der Waals surface area contributed by atoms with Gasteiger partial charge in [-0.3, -0.25) is 0 Å². The van der Waals surface area contributed by atoms with Crippen LogP contribution in [0.1, 0.15) is 12.5 Å². The van der Waals surface area contributed by atoms with Crippen molar-refractivity contribution in [2.24, 2.45) is 0 Å². The van der Waals surface area contributed by atoms with Gasteiger partial charge in [-0.15, -0.1) is 23.1 Å². The summed E-state index contributed by atoms with van der Waals surface area (Å²) in [4.78, 5) is 1.43. The Morgan fingerprint density at radius 2 is 2.15 bits per heavy atom. The summed E-state index contributed by atoms with van der Waals surface area (Å²) in [6.07, 6.45) is 0. The number of thioether (sulfide) groups is 1. The molecule has 0 spiro atoms. The average molecular weight is 208 g/mol. The molecule has 0 saturated carbocycles. The molecular weight excluding hydrogens is 196 g/mol. The minimum Gasteiger partial charge on any atom is -0.143 e. The number of thiophene rings is 1. The predicted molar refractivity (Wildman–Crippen MR) is 63.0 cm³/mol. The Bertz CT molecular complexity index is 415. The third-order valence-corrected chi connectivity index (χ3v) is 4.21. The van der Waals surface area contributed by atoms with Crippen LogP contribution >= 0.6 is 23.1 Å². The van der Waals surface area contributed by atoms with Crippen LogP contribution in [-0.2, 0) is 0 Å². The minimum atomic E-state index is 1.15. The maximum Gasteiger partial charge on any atom is 0.0383 e. The van der Waals surface area contributed by atoms with Crippen LogP contribution in [0, 0.1) is 6.92 Å². The highest BCUT2D eigenvalue weighted by Crippen LogP contribution is 2.31. The van der Waals surface area contributed by atoms with Gasteiger partial charge < -0.3 is 0 Å². The lowest BCUT2D eigenvalue weighted by atomic mass is 10.2. The smallest absolute Gasteiger partial charge is 0.0383 e. The summed E-state index contributed by atoms with van der Waals surface area (Å²) >= 11 is 3.77. The Balaban J connectivity index is 2.59. The van der Waals surface area contributed by atoms with Gasteiger partial charge in [0.05, 0.1) is 0 Å². The van der Waals surface area contributed by atoms with Crippen molar-refractivity contribution in [1.82, 2.24) is 0 Å². The third-order valence-electron chi connectivity index (χ3n) is 2.12. The van der Waals surface area contributed by atoms with Gasteiger partial charge in [-0.05, 0) is 41.1 Å². The number of fused-ring (bicyclic) bond motifs is 1. The molecule has 0 unspecified atom stereocenters. The Hall–Kier alpha value is -0.470. The fourth-order valence-electron chi connectivity index (χ4n) is 1.47. The van der Waals surface area contributed by atoms with Crippen molar-refractivity contribution in [3.63, 3.8) is 0 Å². The molecule has 0 radical (unpaired) electrons. The predicted octanol–water partition coefficient (Wildman–Crippen LogP) is 4.32. The van der Waals surface area contributed by atoms with Crippen molar-refractivity contribution in [3.8, 4) is 0 Å². The van der Waals surface area contributed by atoms with Crippen molar-refractivity contribution in [3.05, 3.63) is 29.1 Å². The summed E-state index contributed by atoms with van der Waals surface area (Å²) in [5, 5.41) is 3.54. The first-order chi connectivity index (χ1) is 6.33. The van der Waals surface area contributed by atoms with E-state index in [4.69, 9.17) is 0 Å². The van der Waals surface area contributed by atoms with Crippen molar-refractivity contribution in [2.45, 2.75) is 18.7 Å². The molecule has 0 aliphatic heterocycles. The average Bonchev–Trinajstić information content (AvgIpc) is 2.58. The highest BCUT2D eigenvalue weighted by Gasteiger charge is 2.03. The number of hydrogen-bond donors (Lipinski definition) is 0. The first kappa shape index (κ1) is 9.10. The van der Waals surface area contributed by atoms with E-state index < -0.39 is 0 Å². The van der Waals surface area contributed by atoms with E-state index in [1.807, 2.05) is 23.1 Å². The molecule has 1 heterocycles. The Labute approximate surface area is 87.0 Å². The second kappa shape index (κ2) is 3.72. The fraction of sp³-hybridized carbons (Fsp3) is 0.273. The van der Waals surface area contributed by atoms with E-state index in [0.717, 1.165) is 5.75 Å². The molecule has 0 atom stereocenters. The minimum absolute atomic E-state index is 1.15. The lowest BCUT2D eigenvalue weighted by Gasteiger charge is -2.04. The van der Waals surface area contributed by atoms with Gasteiger partial charge in [0.1, 0.15) is 0 Å². The molecular formula is C11H12S2. The summed E-state index contributed by atoms with van der Waals surface area (Å²) in [5.74, 6) is 1.15.